The van der Waals surface area contributed by atoms with Crippen molar-refractivity contribution in [2.75, 3.05) is 5.32 Å². The summed E-state index contributed by atoms with van der Waals surface area (Å²) in [6.45, 7) is 0. The van der Waals surface area contributed by atoms with Crippen LogP contribution in [0, 0.1) is 0 Å². The first-order valence-corrected chi connectivity index (χ1v) is 8.96. The van der Waals surface area contributed by atoms with Gasteiger partial charge in [0.05, 0.1) is 34.3 Å². The zero-order valence-corrected chi connectivity index (χ0v) is 15.0. The number of hydrogen-bond acceptors (Lipinski definition) is 4. The summed E-state index contributed by atoms with van der Waals surface area (Å²) in [5, 5.41) is 4.35. The Morgan fingerprint density at radius 3 is 2.64 bits per heavy atom. The SMILES string of the molecule is N/C=C\Nc1cc(-n2ccnc2)cc(-n2c3ccccc3c3ncccc32)c1. The minimum Gasteiger partial charge on any atom is -0.403 e. The van der Waals surface area contributed by atoms with Gasteiger partial charge in [-0.05, 0) is 36.4 Å². The summed E-state index contributed by atoms with van der Waals surface area (Å²) >= 11 is 0. The number of nitrogens with one attached hydrogen (secondary N) is 1. The van der Waals surface area contributed by atoms with Crippen LogP contribution in [-0.2, 0) is 0 Å². The number of nitrogens with zero attached hydrogens (tertiary/aromatic N) is 4. The number of aromatic nitrogens is 4. The zero-order chi connectivity index (χ0) is 18.9. The minimum atomic E-state index is 0.928. The standard InChI is InChI=1S/C22H18N6/c23-7-9-25-16-12-17(27-11-10-24-15-27)14-18(13-16)28-20-5-2-1-4-19(20)22-21(28)6-3-8-26-22/h1-15,25H,23H2/b9-7-. The third-order valence-electron chi connectivity index (χ3n) is 4.74. The molecule has 28 heavy (non-hydrogen) atoms. The molecular formula is C22H18N6. The van der Waals surface area contributed by atoms with Crippen LogP contribution in [0.15, 0.2) is 91.9 Å². The number of fused-ring (bicyclic) bond motifs is 3. The number of hydrogen-bond donors (Lipinski definition) is 2. The summed E-state index contributed by atoms with van der Waals surface area (Å²) in [5.74, 6) is 0. The second-order valence-corrected chi connectivity index (χ2v) is 6.44. The van der Waals surface area contributed by atoms with Gasteiger partial charge in [-0.2, -0.15) is 0 Å². The maximum Gasteiger partial charge on any atom is 0.0991 e. The van der Waals surface area contributed by atoms with Gasteiger partial charge in [-0.25, -0.2) is 4.98 Å². The van der Waals surface area contributed by atoms with Crippen molar-refractivity contribution in [2.45, 2.75) is 0 Å². The second kappa shape index (κ2) is 6.59. The molecular weight excluding hydrogens is 348 g/mol. The molecule has 136 valence electrons. The smallest absolute Gasteiger partial charge is 0.0991 e. The normalized spacial score (nSPS) is 11.6. The predicted octanol–water partition coefficient (Wildman–Crippen LogP) is 4.21. The predicted molar refractivity (Wildman–Crippen MR) is 113 cm³/mol. The van der Waals surface area contributed by atoms with Crippen LogP contribution >= 0.6 is 0 Å². The van der Waals surface area contributed by atoms with Crippen molar-refractivity contribution in [3.63, 3.8) is 0 Å². The van der Waals surface area contributed by atoms with Gasteiger partial charge in [0.25, 0.3) is 0 Å². The number of pyridine rings is 1. The van der Waals surface area contributed by atoms with Crippen molar-refractivity contribution in [1.29, 1.82) is 0 Å². The lowest BCUT2D eigenvalue weighted by Gasteiger charge is -2.13. The molecule has 0 saturated carbocycles. The molecule has 5 rings (SSSR count). The number of benzene rings is 2. The van der Waals surface area contributed by atoms with Crippen molar-refractivity contribution in [1.82, 2.24) is 19.1 Å². The van der Waals surface area contributed by atoms with Crippen molar-refractivity contribution in [3.05, 3.63) is 91.9 Å². The van der Waals surface area contributed by atoms with E-state index in [1.807, 2.05) is 35.2 Å². The summed E-state index contributed by atoms with van der Waals surface area (Å²) in [6, 6.07) is 18.7. The number of nitrogens with two attached hydrogens (primary N) is 1. The number of para-hydroxylation sites is 1. The fraction of sp³-hybridized carbons (Fsp3) is 0. The van der Waals surface area contributed by atoms with Crippen LogP contribution in [-0.4, -0.2) is 19.1 Å². The van der Waals surface area contributed by atoms with Gasteiger partial charge >= 0.3 is 0 Å². The molecule has 0 atom stereocenters. The number of anilines is 1. The molecule has 2 aromatic carbocycles. The molecule has 0 spiro atoms. The lowest BCUT2D eigenvalue weighted by Crippen LogP contribution is -2.00. The highest BCUT2D eigenvalue weighted by Gasteiger charge is 2.14. The van der Waals surface area contributed by atoms with E-state index in [1.165, 1.54) is 6.20 Å². The van der Waals surface area contributed by atoms with Crippen LogP contribution in [0.3, 0.4) is 0 Å². The van der Waals surface area contributed by atoms with Gasteiger partial charge in [0.2, 0.25) is 0 Å². The Morgan fingerprint density at radius 2 is 1.79 bits per heavy atom. The van der Waals surface area contributed by atoms with E-state index in [1.54, 1.807) is 18.7 Å². The highest BCUT2D eigenvalue weighted by Crippen LogP contribution is 2.32. The lowest BCUT2D eigenvalue weighted by atomic mass is 10.2. The van der Waals surface area contributed by atoms with E-state index in [0.29, 0.717) is 0 Å². The van der Waals surface area contributed by atoms with E-state index in [9.17, 15) is 0 Å². The van der Waals surface area contributed by atoms with Crippen LogP contribution < -0.4 is 11.1 Å². The first kappa shape index (κ1) is 16.1. The quantitative estimate of drug-likeness (QED) is 0.500. The first-order chi connectivity index (χ1) is 13.8. The van der Waals surface area contributed by atoms with E-state index in [4.69, 9.17) is 5.73 Å². The fourth-order valence-corrected chi connectivity index (χ4v) is 3.57. The number of rotatable bonds is 4. The van der Waals surface area contributed by atoms with Gasteiger partial charge in [0, 0.05) is 42.1 Å². The molecule has 3 N–H and O–H groups in total. The monoisotopic (exact) mass is 366 g/mol. The largest absolute Gasteiger partial charge is 0.403 e. The van der Waals surface area contributed by atoms with Crippen LogP contribution in [0.4, 0.5) is 5.69 Å². The lowest BCUT2D eigenvalue weighted by molar-refractivity contribution is 1.05. The van der Waals surface area contributed by atoms with Gasteiger partial charge in [-0.3, -0.25) is 4.98 Å². The molecule has 0 aliphatic heterocycles. The molecule has 0 saturated heterocycles. The van der Waals surface area contributed by atoms with Crippen LogP contribution in [0.25, 0.3) is 33.3 Å². The maximum atomic E-state index is 5.52. The summed E-state index contributed by atoms with van der Waals surface area (Å²) in [4.78, 5) is 8.79. The van der Waals surface area contributed by atoms with E-state index < -0.39 is 0 Å². The minimum absolute atomic E-state index is 0.928. The average molecular weight is 366 g/mol. The molecule has 3 heterocycles. The summed E-state index contributed by atoms with van der Waals surface area (Å²) in [5.41, 5.74) is 11.6. The Bertz CT molecular complexity index is 1240. The van der Waals surface area contributed by atoms with Gasteiger partial charge in [-0.1, -0.05) is 18.2 Å². The molecule has 6 heteroatoms. The highest BCUT2D eigenvalue weighted by atomic mass is 15.0. The van der Waals surface area contributed by atoms with E-state index in [-0.39, 0.29) is 0 Å². The Kier molecular flexibility index (Phi) is 3.80. The van der Waals surface area contributed by atoms with Crippen molar-refractivity contribution in [3.8, 4) is 11.4 Å². The van der Waals surface area contributed by atoms with E-state index in [2.05, 4.69) is 56.3 Å². The summed E-state index contributed by atoms with van der Waals surface area (Å²) in [6.07, 6.45) is 10.5. The molecule has 0 bridgehead atoms. The average Bonchev–Trinajstić information content (AvgIpc) is 3.38. The Balaban J connectivity index is 1.82. The molecule has 0 amide bonds. The highest BCUT2D eigenvalue weighted by molar-refractivity contribution is 6.07. The maximum absolute atomic E-state index is 5.52. The van der Waals surface area contributed by atoms with Crippen LogP contribution in [0.5, 0.6) is 0 Å². The summed E-state index contributed by atoms with van der Waals surface area (Å²) < 4.78 is 4.21. The Morgan fingerprint density at radius 1 is 0.929 bits per heavy atom. The number of imidazole rings is 1. The molecule has 6 nitrogen and oxygen atoms in total. The molecule has 0 fully saturated rings. The topological polar surface area (TPSA) is 73.7 Å². The van der Waals surface area contributed by atoms with Gasteiger partial charge in [-0.15, -0.1) is 0 Å². The van der Waals surface area contributed by atoms with Crippen LogP contribution in [0.1, 0.15) is 0 Å². The molecule has 0 unspecified atom stereocenters. The molecule has 3 aromatic heterocycles. The fourth-order valence-electron chi connectivity index (χ4n) is 3.57. The first-order valence-electron chi connectivity index (χ1n) is 8.96. The van der Waals surface area contributed by atoms with Crippen LogP contribution in [0.2, 0.25) is 0 Å². The third kappa shape index (κ3) is 2.59. The van der Waals surface area contributed by atoms with Crippen molar-refractivity contribution in [2.24, 2.45) is 5.73 Å². The molecule has 0 aliphatic rings. The Labute approximate surface area is 161 Å². The third-order valence-corrected chi connectivity index (χ3v) is 4.74. The van der Waals surface area contributed by atoms with Crippen molar-refractivity contribution < 1.29 is 0 Å². The second-order valence-electron chi connectivity index (χ2n) is 6.44. The van der Waals surface area contributed by atoms with Gasteiger partial charge < -0.3 is 20.2 Å². The van der Waals surface area contributed by atoms with E-state index >= 15 is 0 Å². The van der Waals surface area contributed by atoms with Gasteiger partial charge in [0.15, 0.2) is 0 Å². The van der Waals surface area contributed by atoms with E-state index in [0.717, 1.165) is 39.0 Å². The molecule has 5 aromatic rings. The Hall–Kier alpha value is -4.06. The van der Waals surface area contributed by atoms with Crippen molar-refractivity contribution >= 4 is 27.6 Å². The summed E-state index contributed by atoms with van der Waals surface area (Å²) in [7, 11) is 0. The molecule has 0 radical (unpaired) electrons. The molecule has 0 aliphatic carbocycles. The zero-order valence-electron chi connectivity index (χ0n) is 15.0. The van der Waals surface area contributed by atoms with Gasteiger partial charge in [0.1, 0.15) is 0 Å².